The van der Waals surface area contributed by atoms with Crippen molar-refractivity contribution in [3.8, 4) is 0 Å². The zero-order chi connectivity index (χ0) is 5.72. The van der Waals surface area contributed by atoms with Crippen molar-refractivity contribution < 1.29 is 0 Å². The summed E-state index contributed by atoms with van der Waals surface area (Å²) in [5.74, 6) is 4.49. The van der Waals surface area contributed by atoms with Gasteiger partial charge in [0, 0.05) is 0 Å². The first-order valence-electron chi connectivity index (χ1n) is 3.79. The maximum atomic E-state index is 2.38. The van der Waals surface area contributed by atoms with Crippen LogP contribution in [0.3, 0.4) is 0 Å². The van der Waals surface area contributed by atoms with E-state index < -0.39 is 0 Å². The van der Waals surface area contributed by atoms with Crippen molar-refractivity contribution >= 4 is 0 Å². The molecule has 2 fully saturated rings. The van der Waals surface area contributed by atoms with Gasteiger partial charge in [0.25, 0.3) is 0 Å². The molecule has 2 aliphatic rings. The molecular formula is C8H14. The second-order valence-corrected chi connectivity index (χ2v) is 3.75. The summed E-state index contributed by atoms with van der Waals surface area (Å²) in [5, 5.41) is 0. The van der Waals surface area contributed by atoms with Gasteiger partial charge in [-0.1, -0.05) is 13.8 Å². The Morgan fingerprint density at radius 1 is 0.875 bits per heavy atom. The average molecular weight is 110 g/mol. The van der Waals surface area contributed by atoms with Crippen LogP contribution in [0.1, 0.15) is 26.7 Å². The minimum atomic E-state index is 1.09. The van der Waals surface area contributed by atoms with Crippen LogP contribution < -0.4 is 0 Å². The summed E-state index contributed by atoms with van der Waals surface area (Å²) < 4.78 is 0. The Bertz CT molecular complexity index is 92.6. The van der Waals surface area contributed by atoms with Gasteiger partial charge in [0.1, 0.15) is 0 Å². The molecule has 0 nitrogen and oxygen atoms in total. The summed E-state index contributed by atoms with van der Waals surface area (Å²) in [6.45, 7) is 4.77. The normalized spacial score (nSPS) is 60.8. The molecule has 0 spiro atoms. The van der Waals surface area contributed by atoms with Crippen LogP contribution in [0.5, 0.6) is 0 Å². The third kappa shape index (κ3) is 0.586. The third-order valence-electron chi connectivity index (χ3n) is 2.89. The smallest absolute Gasteiger partial charge is 0.0355 e. The maximum absolute atomic E-state index is 2.38. The molecule has 0 aromatic carbocycles. The van der Waals surface area contributed by atoms with Crippen molar-refractivity contribution in [3.63, 3.8) is 0 Å². The first-order chi connectivity index (χ1) is 3.79. The second-order valence-electron chi connectivity index (χ2n) is 3.75. The molecule has 4 atom stereocenters. The summed E-state index contributed by atoms with van der Waals surface area (Å²) in [6.07, 6.45) is 3.07. The highest BCUT2D eigenvalue weighted by Gasteiger charge is 2.49. The topological polar surface area (TPSA) is 0 Å². The van der Waals surface area contributed by atoms with E-state index in [9.17, 15) is 0 Å². The third-order valence-corrected chi connectivity index (χ3v) is 2.89. The Labute approximate surface area is 51.3 Å². The number of hydrogen-bond acceptors (Lipinski definition) is 0. The lowest BCUT2D eigenvalue weighted by atomic mass is 10.2. The van der Waals surface area contributed by atoms with Crippen molar-refractivity contribution in [3.05, 3.63) is 0 Å². The number of hydrogen-bond donors (Lipinski definition) is 0. The van der Waals surface area contributed by atoms with Gasteiger partial charge in [-0.15, -0.1) is 0 Å². The summed E-state index contributed by atoms with van der Waals surface area (Å²) in [7, 11) is 0. The van der Waals surface area contributed by atoms with E-state index in [2.05, 4.69) is 13.8 Å². The molecule has 0 aromatic rings. The first kappa shape index (κ1) is 4.84. The molecule has 0 saturated heterocycles. The van der Waals surface area contributed by atoms with Crippen molar-refractivity contribution in [1.82, 2.24) is 0 Å². The van der Waals surface area contributed by atoms with Crippen molar-refractivity contribution in [1.29, 1.82) is 0 Å². The van der Waals surface area contributed by atoms with Crippen LogP contribution in [0.15, 0.2) is 0 Å². The van der Waals surface area contributed by atoms with Gasteiger partial charge in [-0.2, -0.15) is 0 Å². The molecule has 0 N–H and O–H groups in total. The quantitative estimate of drug-likeness (QED) is 0.486. The molecule has 0 aromatic heterocycles. The monoisotopic (exact) mass is 110 g/mol. The van der Waals surface area contributed by atoms with E-state index in [4.69, 9.17) is 0 Å². The molecule has 0 radical (unpaired) electrons. The molecule has 0 heterocycles. The minimum absolute atomic E-state index is 1.09. The Hall–Kier alpha value is 0. The fraction of sp³-hybridized carbons (Fsp3) is 1.00. The maximum Gasteiger partial charge on any atom is -0.0355 e. The molecular weight excluding hydrogens is 96.1 g/mol. The van der Waals surface area contributed by atoms with Gasteiger partial charge >= 0.3 is 0 Å². The summed E-state index contributed by atoms with van der Waals surface area (Å²) in [6, 6.07) is 0. The lowest BCUT2D eigenvalue weighted by Gasteiger charge is -1.87. The fourth-order valence-electron chi connectivity index (χ4n) is 1.90. The van der Waals surface area contributed by atoms with Gasteiger partial charge in [-0.3, -0.25) is 0 Å². The zero-order valence-corrected chi connectivity index (χ0v) is 5.72. The van der Waals surface area contributed by atoms with E-state index in [0.717, 1.165) is 23.7 Å². The summed E-state index contributed by atoms with van der Waals surface area (Å²) in [5.41, 5.74) is 0. The highest BCUT2D eigenvalue weighted by Crippen LogP contribution is 2.57. The standard InChI is InChI=1S/C8H14/c1-5-3-7(5)8-4-6(8)2/h5-8H,3-4H2,1-2H3/t5-,6-,7-,8+/m1/s1. The van der Waals surface area contributed by atoms with E-state index in [0.29, 0.717) is 0 Å². The molecule has 2 rings (SSSR count). The van der Waals surface area contributed by atoms with E-state index in [-0.39, 0.29) is 0 Å². The lowest BCUT2D eigenvalue weighted by molar-refractivity contribution is 0.614. The SMILES string of the molecule is C[C@@H]1C[C@@H]1[C@@H]1C[C@H]1C. The van der Waals surface area contributed by atoms with Crippen LogP contribution in [0.25, 0.3) is 0 Å². The predicted molar refractivity (Wildman–Crippen MR) is 34.5 cm³/mol. The van der Waals surface area contributed by atoms with Gasteiger partial charge in [0.2, 0.25) is 0 Å². The Morgan fingerprint density at radius 3 is 1.25 bits per heavy atom. The van der Waals surface area contributed by atoms with Crippen LogP contribution in [0.2, 0.25) is 0 Å². The lowest BCUT2D eigenvalue weighted by Crippen LogP contribution is -1.81. The fourth-order valence-corrected chi connectivity index (χ4v) is 1.90. The van der Waals surface area contributed by atoms with Crippen molar-refractivity contribution in [2.75, 3.05) is 0 Å². The Kier molecular flexibility index (Phi) is 0.778. The van der Waals surface area contributed by atoms with Crippen molar-refractivity contribution in [2.45, 2.75) is 26.7 Å². The van der Waals surface area contributed by atoms with Crippen LogP contribution >= 0.6 is 0 Å². The van der Waals surface area contributed by atoms with Crippen molar-refractivity contribution in [2.24, 2.45) is 23.7 Å². The Balaban J connectivity index is 1.86. The van der Waals surface area contributed by atoms with Crippen LogP contribution in [0, 0.1) is 23.7 Å². The van der Waals surface area contributed by atoms with Crippen LogP contribution in [-0.2, 0) is 0 Å². The first-order valence-corrected chi connectivity index (χ1v) is 3.79. The highest BCUT2D eigenvalue weighted by molar-refractivity contribution is 4.98. The van der Waals surface area contributed by atoms with Gasteiger partial charge in [0.05, 0.1) is 0 Å². The van der Waals surface area contributed by atoms with E-state index in [1.54, 1.807) is 0 Å². The van der Waals surface area contributed by atoms with Gasteiger partial charge in [0.15, 0.2) is 0 Å². The van der Waals surface area contributed by atoms with Gasteiger partial charge in [-0.25, -0.2) is 0 Å². The van der Waals surface area contributed by atoms with Gasteiger partial charge < -0.3 is 0 Å². The van der Waals surface area contributed by atoms with E-state index in [1.807, 2.05) is 0 Å². The number of rotatable bonds is 1. The molecule has 0 heteroatoms. The molecule has 8 heavy (non-hydrogen) atoms. The Morgan fingerprint density at radius 2 is 1.12 bits per heavy atom. The minimum Gasteiger partial charge on any atom is -0.0622 e. The molecule has 46 valence electrons. The zero-order valence-electron chi connectivity index (χ0n) is 5.72. The summed E-state index contributed by atoms with van der Waals surface area (Å²) in [4.78, 5) is 0. The summed E-state index contributed by atoms with van der Waals surface area (Å²) >= 11 is 0. The van der Waals surface area contributed by atoms with Crippen LogP contribution in [-0.4, -0.2) is 0 Å². The largest absolute Gasteiger partial charge is 0.0622 e. The second kappa shape index (κ2) is 1.29. The highest BCUT2D eigenvalue weighted by atomic mass is 14.5. The molecule has 2 aliphatic carbocycles. The predicted octanol–water partition coefficient (Wildman–Crippen LogP) is 2.30. The van der Waals surface area contributed by atoms with Gasteiger partial charge in [-0.05, 0) is 36.5 Å². The average Bonchev–Trinajstić information content (AvgIpc) is 2.47. The molecule has 0 bridgehead atoms. The molecule has 2 saturated carbocycles. The molecule has 0 amide bonds. The molecule has 0 unspecified atom stereocenters. The van der Waals surface area contributed by atoms with Crippen LogP contribution in [0.4, 0.5) is 0 Å². The molecule has 0 aliphatic heterocycles. The van der Waals surface area contributed by atoms with E-state index in [1.165, 1.54) is 12.8 Å². The van der Waals surface area contributed by atoms with E-state index >= 15 is 0 Å².